The Morgan fingerprint density at radius 1 is 1.45 bits per heavy atom. The zero-order chi connectivity index (χ0) is 15.0. The van der Waals surface area contributed by atoms with Crippen molar-refractivity contribution in [3.63, 3.8) is 0 Å². The number of benzene rings is 1. The van der Waals surface area contributed by atoms with Crippen LogP contribution in [0, 0.1) is 17.7 Å². The molecule has 0 amide bonds. The first-order valence-corrected chi connectivity index (χ1v) is 8.77. The summed E-state index contributed by atoms with van der Waals surface area (Å²) in [5, 5.41) is 8.54. The number of nitrogens with one attached hydrogen (secondary N) is 1. The van der Waals surface area contributed by atoms with Crippen LogP contribution in [0.15, 0.2) is 23.1 Å². The van der Waals surface area contributed by atoms with E-state index in [9.17, 15) is 12.8 Å². The molecule has 1 rings (SSSR count). The van der Waals surface area contributed by atoms with Gasteiger partial charge in [0, 0.05) is 6.54 Å². The average molecular weight is 317 g/mol. The molecule has 0 aliphatic carbocycles. The van der Waals surface area contributed by atoms with E-state index in [4.69, 9.17) is 5.11 Å². The summed E-state index contributed by atoms with van der Waals surface area (Å²) in [5.74, 6) is 4.85. The maximum absolute atomic E-state index is 13.7. The van der Waals surface area contributed by atoms with Crippen molar-refractivity contribution < 1.29 is 17.9 Å². The van der Waals surface area contributed by atoms with Crippen LogP contribution in [0.2, 0.25) is 0 Å². The van der Waals surface area contributed by atoms with Gasteiger partial charge in [-0.1, -0.05) is 11.8 Å². The predicted octanol–water partition coefficient (Wildman–Crippen LogP) is 1.20. The molecule has 0 atom stereocenters. The Bertz CT molecular complexity index is 606. The summed E-state index contributed by atoms with van der Waals surface area (Å²) in [6, 6.07) is 3.51. The Kier molecular flexibility index (Phi) is 7.02. The van der Waals surface area contributed by atoms with Crippen LogP contribution in [0.1, 0.15) is 12.0 Å². The molecule has 0 aromatic heterocycles. The van der Waals surface area contributed by atoms with E-state index in [2.05, 4.69) is 16.6 Å². The van der Waals surface area contributed by atoms with Crippen molar-refractivity contribution in [1.82, 2.24) is 4.72 Å². The number of aliphatic hydroxyl groups is 1. The van der Waals surface area contributed by atoms with Gasteiger partial charge in [0.1, 0.15) is 12.4 Å². The molecule has 110 valence electrons. The third-order valence-corrected chi connectivity index (χ3v) is 4.53. The lowest BCUT2D eigenvalue weighted by Gasteiger charge is -2.07. The van der Waals surface area contributed by atoms with Gasteiger partial charge in [-0.05, 0) is 36.6 Å². The van der Waals surface area contributed by atoms with E-state index in [0.717, 1.165) is 11.8 Å². The topological polar surface area (TPSA) is 66.4 Å². The fourth-order valence-electron chi connectivity index (χ4n) is 1.41. The van der Waals surface area contributed by atoms with Gasteiger partial charge >= 0.3 is 0 Å². The summed E-state index contributed by atoms with van der Waals surface area (Å²) in [4.78, 5) is -0.131. The molecule has 1 aromatic carbocycles. The van der Waals surface area contributed by atoms with Crippen molar-refractivity contribution in [2.75, 3.05) is 25.2 Å². The lowest BCUT2D eigenvalue weighted by atomic mass is 10.2. The van der Waals surface area contributed by atoms with Crippen molar-refractivity contribution in [3.05, 3.63) is 29.6 Å². The minimum atomic E-state index is -3.70. The first-order valence-electron chi connectivity index (χ1n) is 5.89. The maximum atomic E-state index is 13.7. The molecule has 0 spiro atoms. The number of rotatable bonds is 6. The maximum Gasteiger partial charge on any atom is 0.240 e. The molecule has 1 aromatic rings. The SMILES string of the molecule is CSCCCNS(=O)(=O)c1ccc(C#CCO)c(F)c1. The molecule has 0 fully saturated rings. The van der Waals surface area contributed by atoms with Gasteiger partial charge in [-0.3, -0.25) is 0 Å². The lowest BCUT2D eigenvalue weighted by Crippen LogP contribution is -2.25. The summed E-state index contributed by atoms with van der Waals surface area (Å²) in [5.41, 5.74) is 0.0559. The van der Waals surface area contributed by atoms with Crippen LogP contribution in [-0.2, 0) is 10.0 Å². The summed E-state index contributed by atoms with van der Waals surface area (Å²) < 4.78 is 39.9. The molecule has 0 saturated heterocycles. The van der Waals surface area contributed by atoms with Gasteiger partial charge in [0.25, 0.3) is 0 Å². The smallest absolute Gasteiger partial charge is 0.240 e. The van der Waals surface area contributed by atoms with Crippen molar-refractivity contribution in [3.8, 4) is 11.8 Å². The van der Waals surface area contributed by atoms with E-state index in [1.54, 1.807) is 11.8 Å². The summed E-state index contributed by atoms with van der Waals surface area (Å²) in [7, 11) is -3.70. The van der Waals surface area contributed by atoms with E-state index in [-0.39, 0.29) is 17.1 Å². The van der Waals surface area contributed by atoms with Crippen LogP contribution in [0.25, 0.3) is 0 Å². The zero-order valence-corrected chi connectivity index (χ0v) is 12.7. The second-order valence-corrected chi connectivity index (χ2v) is 6.60. The summed E-state index contributed by atoms with van der Waals surface area (Å²) in [6.45, 7) is -0.0622. The van der Waals surface area contributed by atoms with Crippen LogP contribution in [0.5, 0.6) is 0 Å². The van der Waals surface area contributed by atoms with Crippen molar-refractivity contribution in [2.45, 2.75) is 11.3 Å². The summed E-state index contributed by atoms with van der Waals surface area (Å²) >= 11 is 1.63. The number of hydrogen-bond donors (Lipinski definition) is 2. The molecular weight excluding hydrogens is 301 g/mol. The molecule has 0 saturated carbocycles. The first kappa shape index (κ1) is 17.0. The number of hydrogen-bond acceptors (Lipinski definition) is 4. The van der Waals surface area contributed by atoms with Gasteiger partial charge in [0.15, 0.2) is 0 Å². The highest BCUT2D eigenvalue weighted by Crippen LogP contribution is 2.14. The number of aliphatic hydroxyl groups excluding tert-OH is 1. The molecule has 20 heavy (non-hydrogen) atoms. The first-order chi connectivity index (χ1) is 9.51. The van der Waals surface area contributed by atoms with E-state index in [1.165, 1.54) is 12.1 Å². The lowest BCUT2D eigenvalue weighted by molar-refractivity contribution is 0.350. The van der Waals surface area contributed by atoms with Crippen LogP contribution < -0.4 is 4.72 Å². The highest BCUT2D eigenvalue weighted by molar-refractivity contribution is 7.98. The fourth-order valence-corrected chi connectivity index (χ4v) is 2.92. The van der Waals surface area contributed by atoms with E-state index < -0.39 is 15.8 Å². The quantitative estimate of drug-likeness (QED) is 0.611. The van der Waals surface area contributed by atoms with Gasteiger partial charge in [-0.15, -0.1) is 0 Å². The van der Waals surface area contributed by atoms with Gasteiger partial charge in [0.2, 0.25) is 10.0 Å². The Labute approximate surface area is 122 Å². The van der Waals surface area contributed by atoms with Gasteiger partial charge in [0.05, 0.1) is 10.5 Å². The molecule has 0 radical (unpaired) electrons. The van der Waals surface area contributed by atoms with Crippen LogP contribution in [0.4, 0.5) is 4.39 Å². The van der Waals surface area contributed by atoms with Gasteiger partial charge in [-0.2, -0.15) is 11.8 Å². The fraction of sp³-hybridized carbons (Fsp3) is 0.385. The van der Waals surface area contributed by atoms with E-state index in [0.29, 0.717) is 13.0 Å². The molecule has 0 heterocycles. The largest absolute Gasteiger partial charge is 0.384 e. The molecule has 0 unspecified atom stereocenters. The Balaban J connectivity index is 2.83. The highest BCUT2D eigenvalue weighted by Gasteiger charge is 2.15. The number of thioether (sulfide) groups is 1. The monoisotopic (exact) mass is 317 g/mol. The molecular formula is C13H16FNO3S2. The molecule has 0 aliphatic rings. The normalized spacial score (nSPS) is 10.9. The zero-order valence-electron chi connectivity index (χ0n) is 11.0. The minimum absolute atomic E-state index is 0.0559. The standard InChI is InChI=1S/C13H16FNO3S2/c1-19-9-3-7-15-20(17,18)12-6-5-11(4-2-8-16)13(14)10-12/h5-6,10,15-16H,3,7-9H2,1H3. The van der Waals surface area contributed by atoms with Crippen LogP contribution in [0.3, 0.4) is 0 Å². The average Bonchev–Trinajstić information content (AvgIpc) is 2.42. The van der Waals surface area contributed by atoms with Crippen LogP contribution in [-0.4, -0.2) is 38.7 Å². The number of halogens is 1. The minimum Gasteiger partial charge on any atom is -0.384 e. The van der Waals surface area contributed by atoms with E-state index >= 15 is 0 Å². The Morgan fingerprint density at radius 3 is 2.80 bits per heavy atom. The van der Waals surface area contributed by atoms with Crippen molar-refractivity contribution in [2.24, 2.45) is 0 Å². The second kappa shape index (κ2) is 8.27. The predicted molar refractivity (Wildman–Crippen MR) is 78.6 cm³/mol. The van der Waals surface area contributed by atoms with Gasteiger partial charge < -0.3 is 5.11 Å². The van der Waals surface area contributed by atoms with Gasteiger partial charge in [-0.25, -0.2) is 17.5 Å². The van der Waals surface area contributed by atoms with Crippen molar-refractivity contribution >= 4 is 21.8 Å². The summed E-state index contributed by atoms with van der Waals surface area (Å²) in [6.07, 6.45) is 2.65. The second-order valence-electron chi connectivity index (χ2n) is 3.85. The Hall–Kier alpha value is -1.07. The molecule has 0 bridgehead atoms. The Morgan fingerprint density at radius 2 is 2.20 bits per heavy atom. The highest BCUT2D eigenvalue weighted by atomic mass is 32.2. The molecule has 7 heteroatoms. The number of sulfonamides is 1. The third kappa shape index (κ3) is 5.13. The van der Waals surface area contributed by atoms with E-state index in [1.807, 2.05) is 6.26 Å². The molecule has 0 aliphatic heterocycles. The van der Waals surface area contributed by atoms with Crippen molar-refractivity contribution in [1.29, 1.82) is 0 Å². The molecule has 2 N–H and O–H groups in total. The molecule has 4 nitrogen and oxygen atoms in total. The third-order valence-electron chi connectivity index (χ3n) is 2.37. The van der Waals surface area contributed by atoms with Crippen LogP contribution >= 0.6 is 11.8 Å².